The molecule has 1 amide bonds. The minimum absolute atomic E-state index is 0.0175. The molecule has 1 unspecified atom stereocenters. The molecule has 0 aromatic rings. The predicted octanol–water partition coefficient (Wildman–Crippen LogP) is 1.55. The zero-order chi connectivity index (χ0) is 12.7. The summed E-state index contributed by atoms with van der Waals surface area (Å²) in [5.74, 6) is 0.467. The van der Waals surface area contributed by atoms with Gasteiger partial charge >= 0.3 is 0 Å². The largest absolute Gasteiger partial charge is 0.409 e. The number of nitrogens with zero attached hydrogens (tertiary/aromatic N) is 2. The van der Waals surface area contributed by atoms with Gasteiger partial charge in [0, 0.05) is 25.4 Å². The maximum Gasteiger partial charge on any atom is 0.222 e. The summed E-state index contributed by atoms with van der Waals surface area (Å²) in [6.45, 7) is 3.53. The molecule has 0 aromatic heterocycles. The number of piperidine rings is 1. The van der Waals surface area contributed by atoms with Crippen molar-refractivity contribution < 1.29 is 10.0 Å². The third-order valence-electron chi connectivity index (χ3n) is 3.30. The van der Waals surface area contributed by atoms with Crippen molar-refractivity contribution in [2.45, 2.75) is 45.4 Å². The molecule has 1 heterocycles. The van der Waals surface area contributed by atoms with Crippen molar-refractivity contribution in [1.82, 2.24) is 4.90 Å². The Labute approximate surface area is 103 Å². The van der Waals surface area contributed by atoms with Gasteiger partial charge in [-0.1, -0.05) is 24.9 Å². The lowest BCUT2D eigenvalue weighted by atomic mass is 9.96. The second kappa shape index (κ2) is 7.14. The van der Waals surface area contributed by atoms with E-state index in [-0.39, 0.29) is 17.7 Å². The summed E-state index contributed by atoms with van der Waals surface area (Å²) in [4.78, 5) is 13.8. The van der Waals surface area contributed by atoms with Crippen molar-refractivity contribution in [3.05, 3.63) is 0 Å². The number of hydrogen-bond acceptors (Lipinski definition) is 3. The van der Waals surface area contributed by atoms with Crippen LogP contribution >= 0.6 is 0 Å². The van der Waals surface area contributed by atoms with E-state index in [2.05, 4.69) is 12.1 Å². The first-order valence-corrected chi connectivity index (χ1v) is 6.44. The second-order valence-corrected chi connectivity index (χ2v) is 4.66. The van der Waals surface area contributed by atoms with Gasteiger partial charge in [-0.2, -0.15) is 0 Å². The van der Waals surface area contributed by atoms with E-state index in [0.717, 1.165) is 38.6 Å². The highest BCUT2D eigenvalue weighted by Gasteiger charge is 2.25. The molecule has 0 aliphatic carbocycles. The first kappa shape index (κ1) is 13.8. The number of carbonyl (C=O) groups excluding carboxylic acids is 1. The molecule has 0 spiro atoms. The zero-order valence-corrected chi connectivity index (χ0v) is 10.6. The van der Waals surface area contributed by atoms with Gasteiger partial charge in [0.25, 0.3) is 0 Å². The lowest BCUT2D eigenvalue weighted by molar-refractivity contribution is -0.132. The lowest BCUT2D eigenvalue weighted by Gasteiger charge is -2.32. The van der Waals surface area contributed by atoms with Crippen LogP contribution in [0.25, 0.3) is 0 Å². The van der Waals surface area contributed by atoms with E-state index in [1.165, 1.54) is 0 Å². The maximum atomic E-state index is 11.9. The molecule has 0 bridgehead atoms. The van der Waals surface area contributed by atoms with Crippen LogP contribution in [-0.4, -0.2) is 34.9 Å². The highest BCUT2D eigenvalue weighted by atomic mass is 16.4. The number of carbonyl (C=O) groups is 1. The molecule has 1 rings (SSSR count). The number of amides is 1. The topological polar surface area (TPSA) is 78.9 Å². The van der Waals surface area contributed by atoms with Gasteiger partial charge in [-0.15, -0.1) is 0 Å². The Kier molecular flexibility index (Phi) is 5.80. The summed E-state index contributed by atoms with van der Waals surface area (Å²) in [5, 5.41) is 11.7. The van der Waals surface area contributed by atoms with Gasteiger partial charge in [-0.05, 0) is 19.3 Å². The maximum absolute atomic E-state index is 11.9. The minimum Gasteiger partial charge on any atom is -0.409 e. The molecule has 5 heteroatoms. The predicted molar refractivity (Wildman–Crippen MR) is 66.9 cm³/mol. The molecule has 1 saturated heterocycles. The summed E-state index contributed by atoms with van der Waals surface area (Å²) in [7, 11) is 0. The zero-order valence-electron chi connectivity index (χ0n) is 10.6. The highest BCUT2D eigenvalue weighted by Crippen LogP contribution is 2.18. The second-order valence-electron chi connectivity index (χ2n) is 4.66. The number of nitrogens with two attached hydrogens (primary N) is 1. The quantitative estimate of drug-likeness (QED) is 0.252. The Morgan fingerprint density at radius 2 is 2.29 bits per heavy atom. The fourth-order valence-electron chi connectivity index (χ4n) is 2.21. The van der Waals surface area contributed by atoms with Crippen molar-refractivity contribution in [2.24, 2.45) is 16.8 Å². The molecule has 1 fully saturated rings. The van der Waals surface area contributed by atoms with Gasteiger partial charge in [0.15, 0.2) is 0 Å². The van der Waals surface area contributed by atoms with Crippen LogP contribution in [0.3, 0.4) is 0 Å². The van der Waals surface area contributed by atoms with Crippen molar-refractivity contribution in [2.75, 3.05) is 13.1 Å². The van der Waals surface area contributed by atoms with Crippen LogP contribution < -0.4 is 5.73 Å². The fourth-order valence-corrected chi connectivity index (χ4v) is 2.21. The first-order valence-electron chi connectivity index (χ1n) is 6.44. The van der Waals surface area contributed by atoms with E-state index < -0.39 is 0 Å². The third kappa shape index (κ3) is 4.24. The Bertz CT molecular complexity index is 279. The molecule has 0 aromatic carbocycles. The molecule has 0 radical (unpaired) electrons. The normalized spacial score (nSPS) is 21.6. The molecular weight excluding hydrogens is 218 g/mol. The average molecular weight is 241 g/mol. The number of amidine groups is 1. The van der Waals surface area contributed by atoms with E-state index in [1.54, 1.807) is 0 Å². The fraction of sp³-hybridized carbons (Fsp3) is 0.833. The SMILES string of the molecule is CCCCCC(=O)N1CCCC(C(N)=NO)C1. The van der Waals surface area contributed by atoms with Gasteiger partial charge < -0.3 is 15.8 Å². The molecule has 1 aliphatic heterocycles. The Morgan fingerprint density at radius 3 is 2.94 bits per heavy atom. The monoisotopic (exact) mass is 241 g/mol. The summed E-state index contributed by atoms with van der Waals surface area (Å²) in [6.07, 6.45) is 5.63. The molecule has 1 atom stereocenters. The van der Waals surface area contributed by atoms with Crippen LogP contribution in [0.1, 0.15) is 45.4 Å². The van der Waals surface area contributed by atoms with Crippen molar-refractivity contribution in [1.29, 1.82) is 0 Å². The van der Waals surface area contributed by atoms with E-state index in [1.807, 2.05) is 4.90 Å². The van der Waals surface area contributed by atoms with Crippen LogP contribution in [0.15, 0.2) is 5.16 Å². The van der Waals surface area contributed by atoms with Crippen LogP contribution in [0.2, 0.25) is 0 Å². The summed E-state index contributed by atoms with van der Waals surface area (Å²) >= 11 is 0. The third-order valence-corrected chi connectivity index (χ3v) is 3.30. The van der Waals surface area contributed by atoms with Crippen LogP contribution in [0.4, 0.5) is 0 Å². The van der Waals surface area contributed by atoms with Gasteiger partial charge in [0.2, 0.25) is 5.91 Å². The molecule has 98 valence electrons. The molecule has 0 saturated carbocycles. The van der Waals surface area contributed by atoms with Crippen molar-refractivity contribution in [3.8, 4) is 0 Å². The van der Waals surface area contributed by atoms with E-state index in [9.17, 15) is 4.79 Å². The van der Waals surface area contributed by atoms with Crippen LogP contribution in [0.5, 0.6) is 0 Å². The van der Waals surface area contributed by atoms with Gasteiger partial charge in [-0.25, -0.2) is 0 Å². The Morgan fingerprint density at radius 1 is 1.53 bits per heavy atom. The number of likely N-dealkylation sites (tertiary alicyclic amines) is 1. The number of hydrogen-bond donors (Lipinski definition) is 2. The molecular formula is C12H23N3O2. The summed E-state index contributed by atoms with van der Waals surface area (Å²) in [6, 6.07) is 0. The number of oxime groups is 1. The molecule has 5 nitrogen and oxygen atoms in total. The molecule has 1 aliphatic rings. The number of rotatable bonds is 5. The highest BCUT2D eigenvalue weighted by molar-refractivity contribution is 5.83. The molecule has 17 heavy (non-hydrogen) atoms. The van der Waals surface area contributed by atoms with E-state index in [4.69, 9.17) is 10.9 Å². The first-order chi connectivity index (χ1) is 8.19. The lowest BCUT2D eigenvalue weighted by Crippen LogP contribution is -2.44. The standard InChI is InChI=1S/C12H23N3O2/c1-2-3-4-7-11(16)15-8-5-6-10(9-15)12(13)14-17/h10,17H,2-9H2,1H3,(H2,13,14). The summed E-state index contributed by atoms with van der Waals surface area (Å²) < 4.78 is 0. The Balaban J connectivity index is 2.40. The van der Waals surface area contributed by atoms with E-state index in [0.29, 0.717) is 13.0 Å². The van der Waals surface area contributed by atoms with Crippen LogP contribution in [-0.2, 0) is 4.79 Å². The van der Waals surface area contributed by atoms with Crippen molar-refractivity contribution >= 4 is 11.7 Å². The van der Waals surface area contributed by atoms with Crippen molar-refractivity contribution in [3.63, 3.8) is 0 Å². The minimum atomic E-state index is 0.0175. The van der Waals surface area contributed by atoms with Gasteiger partial charge in [-0.3, -0.25) is 4.79 Å². The number of unbranched alkanes of at least 4 members (excludes halogenated alkanes) is 2. The van der Waals surface area contributed by atoms with Gasteiger partial charge in [0.1, 0.15) is 5.84 Å². The Hall–Kier alpha value is -1.26. The smallest absolute Gasteiger partial charge is 0.222 e. The average Bonchev–Trinajstić information content (AvgIpc) is 2.38. The summed E-state index contributed by atoms with van der Waals surface area (Å²) in [5.41, 5.74) is 5.59. The molecule has 3 N–H and O–H groups in total. The van der Waals surface area contributed by atoms with Gasteiger partial charge in [0.05, 0.1) is 0 Å². The van der Waals surface area contributed by atoms with Crippen LogP contribution in [0, 0.1) is 5.92 Å². The van der Waals surface area contributed by atoms with E-state index >= 15 is 0 Å².